The average molecular weight is 143 g/mol. The first-order valence-corrected chi connectivity index (χ1v) is 3.22. The molecule has 1 nitrogen and oxygen atoms in total. The van der Waals surface area contributed by atoms with Gasteiger partial charge in [0.05, 0.1) is 0 Å². The Hall–Kier alpha value is -0.560. The summed E-state index contributed by atoms with van der Waals surface area (Å²) in [5.41, 5.74) is 0. The molecule has 9 heavy (non-hydrogen) atoms. The highest BCUT2D eigenvalue weighted by Gasteiger charge is 2.00. The SMILES string of the molecule is O=C1C=CC=C(Cl)CC1. The molecule has 0 unspecified atom stereocenters. The molecule has 0 fully saturated rings. The number of ketones is 1. The van der Waals surface area contributed by atoms with E-state index in [4.69, 9.17) is 11.6 Å². The largest absolute Gasteiger partial charge is 0.295 e. The molecule has 1 rings (SSSR count). The number of halogens is 1. The monoisotopic (exact) mass is 142 g/mol. The minimum atomic E-state index is 0.155. The third-order valence-corrected chi connectivity index (χ3v) is 1.48. The van der Waals surface area contributed by atoms with Crippen LogP contribution in [0.15, 0.2) is 23.3 Å². The number of carbonyl (C=O) groups is 1. The molecule has 0 N–H and O–H groups in total. The van der Waals surface area contributed by atoms with Crippen LogP contribution in [0.4, 0.5) is 0 Å². The first kappa shape index (κ1) is 6.56. The van der Waals surface area contributed by atoms with E-state index in [0.717, 1.165) is 5.03 Å². The standard InChI is InChI=1S/C7H7ClO/c8-6-2-1-3-7(9)5-4-6/h1-3H,4-5H2. The van der Waals surface area contributed by atoms with Crippen LogP contribution in [0.2, 0.25) is 0 Å². The van der Waals surface area contributed by atoms with Crippen molar-refractivity contribution in [3.8, 4) is 0 Å². The summed E-state index contributed by atoms with van der Waals surface area (Å²) in [6.07, 6.45) is 6.23. The molecule has 0 atom stereocenters. The molecule has 1 aliphatic carbocycles. The van der Waals surface area contributed by atoms with Gasteiger partial charge in [-0.05, 0) is 18.6 Å². The lowest BCUT2D eigenvalue weighted by Crippen LogP contribution is -1.88. The smallest absolute Gasteiger partial charge is 0.156 e. The van der Waals surface area contributed by atoms with Gasteiger partial charge in [-0.25, -0.2) is 0 Å². The van der Waals surface area contributed by atoms with Gasteiger partial charge in [0.25, 0.3) is 0 Å². The van der Waals surface area contributed by atoms with Crippen molar-refractivity contribution in [2.24, 2.45) is 0 Å². The van der Waals surface area contributed by atoms with Gasteiger partial charge in [-0.2, -0.15) is 0 Å². The Morgan fingerprint density at radius 3 is 3.00 bits per heavy atom. The third kappa shape index (κ3) is 2.02. The second-order valence-corrected chi connectivity index (χ2v) is 2.42. The molecular formula is C7H7ClO. The van der Waals surface area contributed by atoms with E-state index in [0.29, 0.717) is 12.8 Å². The summed E-state index contributed by atoms with van der Waals surface area (Å²) < 4.78 is 0. The lowest BCUT2D eigenvalue weighted by atomic mass is 10.2. The highest BCUT2D eigenvalue weighted by molar-refractivity contribution is 6.29. The minimum absolute atomic E-state index is 0.155. The molecule has 1 aliphatic rings. The number of hydrogen-bond donors (Lipinski definition) is 0. The van der Waals surface area contributed by atoms with E-state index in [-0.39, 0.29) is 5.78 Å². The van der Waals surface area contributed by atoms with Gasteiger partial charge >= 0.3 is 0 Å². The molecule has 0 aliphatic heterocycles. The van der Waals surface area contributed by atoms with E-state index < -0.39 is 0 Å². The zero-order chi connectivity index (χ0) is 6.69. The predicted molar refractivity (Wildman–Crippen MR) is 37.3 cm³/mol. The highest BCUT2D eigenvalue weighted by atomic mass is 35.5. The average Bonchev–Trinajstić information content (AvgIpc) is 1.97. The van der Waals surface area contributed by atoms with Crippen molar-refractivity contribution in [2.75, 3.05) is 0 Å². The number of allylic oxidation sites excluding steroid dienone is 4. The van der Waals surface area contributed by atoms with Crippen molar-refractivity contribution in [3.63, 3.8) is 0 Å². The van der Waals surface area contributed by atoms with Crippen LogP contribution < -0.4 is 0 Å². The van der Waals surface area contributed by atoms with Crippen molar-refractivity contribution >= 4 is 17.4 Å². The minimum Gasteiger partial charge on any atom is -0.295 e. The van der Waals surface area contributed by atoms with Gasteiger partial charge in [-0.3, -0.25) is 4.79 Å². The Labute approximate surface area is 59.0 Å². The van der Waals surface area contributed by atoms with Crippen molar-refractivity contribution in [1.29, 1.82) is 0 Å². The molecule has 0 saturated carbocycles. The normalized spacial score (nSPS) is 19.2. The van der Waals surface area contributed by atoms with Crippen LogP contribution in [-0.4, -0.2) is 5.78 Å². The van der Waals surface area contributed by atoms with Gasteiger partial charge in [-0.1, -0.05) is 17.7 Å². The molecule has 0 bridgehead atoms. The van der Waals surface area contributed by atoms with Crippen molar-refractivity contribution in [1.82, 2.24) is 0 Å². The fourth-order valence-corrected chi connectivity index (χ4v) is 0.836. The lowest BCUT2D eigenvalue weighted by molar-refractivity contribution is -0.114. The zero-order valence-corrected chi connectivity index (χ0v) is 5.69. The van der Waals surface area contributed by atoms with E-state index in [1.165, 1.54) is 0 Å². The van der Waals surface area contributed by atoms with Crippen LogP contribution >= 0.6 is 11.6 Å². The van der Waals surface area contributed by atoms with Crippen LogP contribution in [0.5, 0.6) is 0 Å². The number of hydrogen-bond acceptors (Lipinski definition) is 1. The van der Waals surface area contributed by atoms with Crippen molar-refractivity contribution < 1.29 is 4.79 Å². The molecule has 0 aromatic rings. The Bertz CT molecular complexity index is 179. The summed E-state index contributed by atoms with van der Waals surface area (Å²) in [5.74, 6) is 0.155. The second-order valence-electron chi connectivity index (χ2n) is 1.94. The Balaban J connectivity index is 2.65. The maximum absolute atomic E-state index is 10.6. The fourth-order valence-electron chi connectivity index (χ4n) is 0.669. The summed E-state index contributed by atoms with van der Waals surface area (Å²) in [4.78, 5) is 10.6. The van der Waals surface area contributed by atoms with Gasteiger partial charge in [0.15, 0.2) is 5.78 Å². The van der Waals surface area contributed by atoms with Crippen molar-refractivity contribution in [3.05, 3.63) is 23.3 Å². The maximum Gasteiger partial charge on any atom is 0.156 e. The Morgan fingerprint density at radius 2 is 2.22 bits per heavy atom. The van der Waals surface area contributed by atoms with Crippen LogP contribution in [0.1, 0.15) is 12.8 Å². The van der Waals surface area contributed by atoms with E-state index in [1.807, 2.05) is 0 Å². The highest BCUT2D eigenvalue weighted by Crippen LogP contribution is 2.13. The maximum atomic E-state index is 10.6. The molecule has 0 amide bonds. The van der Waals surface area contributed by atoms with E-state index in [2.05, 4.69) is 0 Å². The van der Waals surface area contributed by atoms with Crippen LogP contribution in [0.25, 0.3) is 0 Å². The quantitative estimate of drug-likeness (QED) is 0.506. The zero-order valence-electron chi connectivity index (χ0n) is 4.93. The topological polar surface area (TPSA) is 17.1 Å². The predicted octanol–water partition coefficient (Wildman–Crippen LogP) is 2.03. The second kappa shape index (κ2) is 2.83. The Kier molecular flexibility index (Phi) is 2.06. The summed E-state index contributed by atoms with van der Waals surface area (Å²) >= 11 is 5.64. The van der Waals surface area contributed by atoms with Gasteiger partial charge in [0, 0.05) is 11.5 Å². The lowest BCUT2D eigenvalue weighted by Gasteiger charge is -1.88. The number of rotatable bonds is 0. The van der Waals surface area contributed by atoms with Gasteiger partial charge in [-0.15, -0.1) is 0 Å². The molecule has 48 valence electrons. The fraction of sp³-hybridized carbons (Fsp3) is 0.286. The van der Waals surface area contributed by atoms with Crippen LogP contribution in [0, 0.1) is 0 Å². The van der Waals surface area contributed by atoms with Crippen LogP contribution in [-0.2, 0) is 4.79 Å². The van der Waals surface area contributed by atoms with Gasteiger partial charge in [0.1, 0.15) is 0 Å². The molecule has 0 aromatic heterocycles. The summed E-state index contributed by atoms with van der Waals surface area (Å²) in [5, 5.41) is 0.761. The molecular weight excluding hydrogens is 136 g/mol. The first-order chi connectivity index (χ1) is 4.29. The van der Waals surface area contributed by atoms with Gasteiger partial charge in [0.2, 0.25) is 0 Å². The van der Waals surface area contributed by atoms with E-state index in [9.17, 15) is 4.79 Å². The summed E-state index contributed by atoms with van der Waals surface area (Å²) in [6.45, 7) is 0. The Morgan fingerprint density at radius 1 is 1.44 bits per heavy atom. The van der Waals surface area contributed by atoms with Gasteiger partial charge < -0.3 is 0 Å². The molecule has 0 spiro atoms. The summed E-state index contributed by atoms with van der Waals surface area (Å²) in [6, 6.07) is 0. The molecule has 0 saturated heterocycles. The van der Waals surface area contributed by atoms with E-state index >= 15 is 0 Å². The van der Waals surface area contributed by atoms with Crippen LogP contribution in [0.3, 0.4) is 0 Å². The number of carbonyl (C=O) groups excluding carboxylic acids is 1. The van der Waals surface area contributed by atoms with E-state index in [1.54, 1.807) is 18.2 Å². The molecule has 2 heteroatoms. The summed E-state index contributed by atoms with van der Waals surface area (Å²) in [7, 11) is 0. The molecule has 0 radical (unpaired) electrons. The molecule has 0 heterocycles. The van der Waals surface area contributed by atoms with Crippen molar-refractivity contribution in [2.45, 2.75) is 12.8 Å². The third-order valence-electron chi connectivity index (χ3n) is 1.17. The molecule has 0 aromatic carbocycles. The first-order valence-electron chi connectivity index (χ1n) is 2.84.